The van der Waals surface area contributed by atoms with E-state index in [0.717, 1.165) is 21.9 Å². The molecule has 0 N–H and O–H groups in total. The first-order chi connectivity index (χ1) is 16.4. The van der Waals surface area contributed by atoms with Crippen molar-refractivity contribution in [2.45, 2.75) is 19.1 Å². The zero-order valence-electron chi connectivity index (χ0n) is 19.1. The second kappa shape index (κ2) is 12.4. The lowest BCUT2D eigenvalue weighted by atomic mass is 9.74. The molecule has 2 heterocycles. The molecule has 0 spiro atoms. The smallest absolute Gasteiger partial charge is 0.405 e. The van der Waals surface area contributed by atoms with Crippen LogP contribution in [0.1, 0.15) is 6.92 Å². The minimum absolute atomic E-state index is 0.105. The summed E-state index contributed by atoms with van der Waals surface area (Å²) in [5, 5.41) is 0. The fourth-order valence-electron chi connectivity index (χ4n) is 3.53. The van der Waals surface area contributed by atoms with Crippen molar-refractivity contribution < 1.29 is 37.8 Å². The number of benzene rings is 1. The third-order valence-electron chi connectivity index (χ3n) is 5.27. The third kappa shape index (κ3) is 6.73. The first kappa shape index (κ1) is 25.6. The average Bonchev–Trinajstić information content (AvgIpc) is 3.51. The summed E-state index contributed by atoms with van der Waals surface area (Å²) in [6, 6.07) is 7.37. The van der Waals surface area contributed by atoms with E-state index in [4.69, 9.17) is 18.6 Å². The number of rotatable bonds is 10. The number of imide groups is 1. The molecule has 2 aliphatic rings. The second-order valence-corrected chi connectivity index (χ2v) is 7.82. The summed E-state index contributed by atoms with van der Waals surface area (Å²) in [7, 11) is 0.453. The molecule has 2 aliphatic heterocycles. The number of carbonyl (C=O) groups excluding carboxylic acids is 4. The first-order valence-electron chi connectivity index (χ1n) is 10.8. The van der Waals surface area contributed by atoms with Crippen LogP contribution >= 0.6 is 0 Å². The van der Waals surface area contributed by atoms with Gasteiger partial charge in [0.05, 0.1) is 32.0 Å². The quantitative estimate of drug-likeness (QED) is 0.236. The maximum atomic E-state index is 11.9. The van der Waals surface area contributed by atoms with Gasteiger partial charge in [-0.05, 0) is 30.0 Å². The van der Waals surface area contributed by atoms with Crippen LogP contribution in [0, 0.1) is 0 Å². The summed E-state index contributed by atoms with van der Waals surface area (Å²) in [5.41, 5.74) is 1.59. The Balaban J connectivity index is 1.50. The Morgan fingerprint density at radius 1 is 0.941 bits per heavy atom. The molecule has 3 amide bonds. The van der Waals surface area contributed by atoms with E-state index in [1.807, 2.05) is 24.3 Å². The van der Waals surface area contributed by atoms with Gasteiger partial charge in [0.2, 0.25) is 12.3 Å². The zero-order valence-corrected chi connectivity index (χ0v) is 19.1. The summed E-state index contributed by atoms with van der Waals surface area (Å²) >= 11 is 0. The van der Waals surface area contributed by atoms with Crippen molar-refractivity contribution in [3.05, 3.63) is 48.6 Å². The van der Waals surface area contributed by atoms with Gasteiger partial charge in [-0.25, -0.2) is 0 Å². The number of allylic oxidation sites excluding steroid dienone is 2. The highest BCUT2D eigenvalue weighted by Crippen LogP contribution is 2.12. The second-order valence-electron chi connectivity index (χ2n) is 7.82. The van der Waals surface area contributed by atoms with Crippen molar-refractivity contribution in [2.24, 2.45) is 0 Å². The Morgan fingerprint density at radius 3 is 2.00 bits per heavy atom. The van der Waals surface area contributed by atoms with Crippen LogP contribution < -0.4 is 10.9 Å². The van der Waals surface area contributed by atoms with E-state index >= 15 is 0 Å². The predicted molar refractivity (Wildman–Crippen MR) is 124 cm³/mol. The van der Waals surface area contributed by atoms with E-state index in [1.54, 1.807) is 20.0 Å². The molecule has 1 aromatic carbocycles. The molecule has 1 aromatic rings. The van der Waals surface area contributed by atoms with Crippen LogP contribution in [-0.4, -0.2) is 94.1 Å². The van der Waals surface area contributed by atoms with Gasteiger partial charge in [0, 0.05) is 19.7 Å². The number of hydrogen-bond donors (Lipinski definition) is 0. The lowest BCUT2D eigenvalue weighted by Crippen LogP contribution is -2.40. The summed E-state index contributed by atoms with van der Waals surface area (Å²) in [4.78, 5) is 47.8. The molecule has 0 aliphatic carbocycles. The van der Waals surface area contributed by atoms with E-state index in [-0.39, 0.29) is 25.2 Å². The molecule has 2 unspecified atom stereocenters. The van der Waals surface area contributed by atoms with Gasteiger partial charge in [-0.15, -0.1) is 0 Å². The van der Waals surface area contributed by atoms with Gasteiger partial charge < -0.3 is 23.5 Å². The van der Waals surface area contributed by atoms with Crippen LogP contribution in [0.5, 0.6) is 0 Å². The highest BCUT2D eigenvalue weighted by atomic mass is 16.6. The minimum Gasteiger partial charge on any atom is -0.405 e. The Bertz CT molecular complexity index is 939. The van der Waals surface area contributed by atoms with Crippen molar-refractivity contribution in [2.75, 3.05) is 33.4 Å². The molecule has 2 fully saturated rings. The molecule has 2 atom stereocenters. The summed E-state index contributed by atoms with van der Waals surface area (Å²) in [5.74, 6) is -0.697. The third-order valence-corrected chi connectivity index (χ3v) is 5.27. The minimum atomic E-state index is -0.610. The van der Waals surface area contributed by atoms with Gasteiger partial charge in [0.15, 0.2) is 0 Å². The van der Waals surface area contributed by atoms with E-state index in [9.17, 15) is 19.2 Å². The zero-order chi connectivity index (χ0) is 24.5. The normalized spacial score (nSPS) is 20.3. The van der Waals surface area contributed by atoms with Crippen molar-refractivity contribution >= 4 is 49.7 Å². The molecule has 12 heteroatoms. The molecule has 3 rings (SSSR count). The molecule has 10 nitrogen and oxygen atoms in total. The van der Waals surface area contributed by atoms with Crippen LogP contribution in [0.15, 0.2) is 48.6 Å². The summed E-state index contributed by atoms with van der Waals surface area (Å²) < 4.78 is 23.2. The van der Waals surface area contributed by atoms with E-state index < -0.39 is 26.2 Å². The number of aldehydes is 1. The standard InChI is InChI=1S/C22H26B2N2O8/c1-3-5-22(30)26(16-28)13-20-15-32-24(34-20)18-9-7-17(8-10-18)23-31-14-19(33-23)12-25(2)21(29)6-4-11-27/h3-11,16,19-20H,12-15H2,1-2H3/b5-3-,6-4-. The summed E-state index contributed by atoms with van der Waals surface area (Å²) in [6.45, 7) is 2.72. The van der Waals surface area contributed by atoms with Gasteiger partial charge in [-0.2, -0.15) is 0 Å². The molecular formula is C22H26B2N2O8. The van der Waals surface area contributed by atoms with E-state index in [2.05, 4.69) is 0 Å². The van der Waals surface area contributed by atoms with Crippen LogP contribution in [0.25, 0.3) is 0 Å². The number of amides is 3. The molecule has 178 valence electrons. The van der Waals surface area contributed by atoms with E-state index in [0.29, 0.717) is 25.8 Å². The summed E-state index contributed by atoms with van der Waals surface area (Å²) in [6.07, 6.45) is 5.56. The molecule has 0 bridgehead atoms. The van der Waals surface area contributed by atoms with Gasteiger partial charge in [-0.3, -0.25) is 24.1 Å². The van der Waals surface area contributed by atoms with E-state index in [1.165, 1.54) is 17.1 Å². The number of hydrogen-bond acceptors (Lipinski definition) is 8. The topological polar surface area (TPSA) is 112 Å². The lowest BCUT2D eigenvalue weighted by molar-refractivity contribution is -0.135. The van der Waals surface area contributed by atoms with Crippen LogP contribution in [0.4, 0.5) is 0 Å². The van der Waals surface area contributed by atoms with Crippen molar-refractivity contribution in [1.82, 2.24) is 9.80 Å². The SMILES string of the molecule is C/C=C\C(=O)N(C=O)CC1COB(c2ccc(B3OCC(CN(C)C(=O)/C=C\C=O)O3)cc2)O1. The molecule has 0 aromatic heterocycles. The largest absolute Gasteiger partial charge is 0.494 e. The maximum Gasteiger partial charge on any atom is 0.494 e. The Morgan fingerprint density at radius 2 is 1.50 bits per heavy atom. The predicted octanol–water partition coefficient (Wildman–Crippen LogP) is -1.32. The van der Waals surface area contributed by atoms with Crippen LogP contribution in [0.3, 0.4) is 0 Å². The average molecular weight is 468 g/mol. The maximum absolute atomic E-state index is 11.9. The highest BCUT2D eigenvalue weighted by Gasteiger charge is 2.36. The molecule has 0 saturated carbocycles. The van der Waals surface area contributed by atoms with Gasteiger partial charge >= 0.3 is 14.2 Å². The Kier molecular flexibility index (Phi) is 9.34. The van der Waals surface area contributed by atoms with Crippen LogP contribution in [0.2, 0.25) is 0 Å². The van der Waals surface area contributed by atoms with Crippen LogP contribution in [-0.2, 0) is 37.8 Å². The fraction of sp³-hybridized carbons (Fsp3) is 0.364. The molecular weight excluding hydrogens is 442 g/mol. The van der Waals surface area contributed by atoms with Gasteiger partial charge in [0.25, 0.3) is 5.91 Å². The highest BCUT2D eigenvalue weighted by molar-refractivity contribution is 6.63. The number of likely N-dealkylation sites (N-methyl/N-ethyl adjacent to an activating group) is 1. The number of carbonyl (C=O) groups is 4. The monoisotopic (exact) mass is 468 g/mol. The first-order valence-corrected chi connectivity index (χ1v) is 10.8. The molecule has 2 saturated heterocycles. The fourth-order valence-corrected chi connectivity index (χ4v) is 3.53. The van der Waals surface area contributed by atoms with Gasteiger partial charge in [-0.1, -0.05) is 30.3 Å². The molecule has 34 heavy (non-hydrogen) atoms. The van der Waals surface area contributed by atoms with Crippen molar-refractivity contribution in [3.63, 3.8) is 0 Å². The number of nitrogens with zero attached hydrogens (tertiary/aromatic N) is 2. The Hall–Kier alpha value is -3.05. The van der Waals surface area contributed by atoms with Crippen molar-refractivity contribution in [3.8, 4) is 0 Å². The molecule has 0 radical (unpaired) electrons. The van der Waals surface area contributed by atoms with Crippen molar-refractivity contribution in [1.29, 1.82) is 0 Å². The lowest BCUT2D eigenvalue weighted by Gasteiger charge is -2.19. The Labute approximate surface area is 198 Å². The van der Waals surface area contributed by atoms with Gasteiger partial charge in [0.1, 0.15) is 6.29 Å².